The molecule has 2 rings (SSSR count). The molecule has 2 saturated carbocycles. The molecule has 0 aromatic rings. The Morgan fingerprint density at radius 2 is 1.71 bits per heavy atom. The number of nitrogens with zero attached hydrogens (tertiary/aromatic N) is 1. The Kier molecular flexibility index (Phi) is 4.00. The minimum atomic E-state index is -1.15. The fourth-order valence-corrected chi connectivity index (χ4v) is 3.79. The van der Waals surface area contributed by atoms with E-state index in [1.54, 1.807) is 14.0 Å². The van der Waals surface area contributed by atoms with Crippen LogP contribution in [0, 0.1) is 5.41 Å². The maximum Gasteiger partial charge on any atom is 0.329 e. The molecule has 0 radical (unpaired) electrons. The van der Waals surface area contributed by atoms with Crippen LogP contribution in [0.4, 0.5) is 0 Å². The van der Waals surface area contributed by atoms with E-state index in [2.05, 4.69) is 5.32 Å². The van der Waals surface area contributed by atoms with Gasteiger partial charge in [-0.05, 0) is 38.0 Å². The molecule has 0 heterocycles. The van der Waals surface area contributed by atoms with Crippen molar-refractivity contribution in [1.29, 1.82) is 0 Å². The van der Waals surface area contributed by atoms with E-state index < -0.39 is 23.5 Å². The highest BCUT2D eigenvalue weighted by atomic mass is 16.4. The van der Waals surface area contributed by atoms with E-state index in [0.29, 0.717) is 12.8 Å². The van der Waals surface area contributed by atoms with E-state index in [1.807, 2.05) is 0 Å². The Hall–Kier alpha value is -1.59. The van der Waals surface area contributed by atoms with Crippen LogP contribution in [0.1, 0.15) is 52.4 Å². The molecule has 2 fully saturated rings. The molecule has 6 heteroatoms. The van der Waals surface area contributed by atoms with E-state index in [0.717, 1.165) is 25.7 Å². The highest BCUT2D eigenvalue weighted by molar-refractivity contribution is 5.92. The Balaban J connectivity index is 2.03. The maximum atomic E-state index is 12.2. The van der Waals surface area contributed by atoms with E-state index in [4.69, 9.17) is 0 Å². The molecule has 0 aromatic carbocycles. The van der Waals surface area contributed by atoms with Gasteiger partial charge < -0.3 is 15.3 Å². The van der Waals surface area contributed by atoms with Gasteiger partial charge in [-0.15, -0.1) is 0 Å². The van der Waals surface area contributed by atoms with Gasteiger partial charge in [0.1, 0.15) is 11.6 Å². The minimum absolute atomic E-state index is 0.112. The predicted octanol–water partition coefficient (Wildman–Crippen LogP) is 1.15. The van der Waals surface area contributed by atoms with Crippen molar-refractivity contribution < 1.29 is 19.5 Å². The maximum absolute atomic E-state index is 12.2. The zero-order chi connectivity index (χ0) is 15.8. The smallest absolute Gasteiger partial charge is 0.329 e. The van der Waals surface area contributed by atoms with Crippen molar-refractivity contribution in [2.45, 2.75) is 64.0 Å². The summed E-state index contributed by atoms with van der Waals surface area (Å²) in [6.45, 7) is 2.99. The van der Waals surface area contributed by atoms with Gasteiger partial charge in [0.15, 0.2) is 0 Å². The van der Waals surface area contributed by atoms with Gasteiger partial charge in [-0.1, -0.05) is 12.8 Å². The van der Waals surface area contributed by atoms with Crippen molar-refractivity contribution in [3.8, 4) is 0 Å². The second-order valence-electron chi connectivity index (χ2n) is 6.74. The molecule has 2 N–H and O–H groups in total. The molecule has 2 aliphatic rings. The molecule has 0 bridgehead atoms. The number of carbonyl (C=O) groups is 3. The van der Waals surface area contributed by atoms with Crippen molar-refractivity contribution in [1.82, 2.24) is 10.2 Å². The largest absolute Gasteiger partial charge is 0.480 e. The standard InChI is InChI=1S/C15H24N2O4/c1-10(17(3)11(2)18)12(19)16-15(13(20)21)8-14(9-15)6-4-5-7-14/h10H,4-9H2,1-3H3,(H,16,19)(H,20,21). The summed E-state index contributed by atoms with van der Waals surface area (Å²) in [5.41, 5.74) is -1.03. The van der Waals surface area contributed by atoms with Crippen molar-refractivity contribution in [3.63, 3.8) is 0 Å². The summed E-state index contributed by atoms with van der Waals surface area (Å²) in [6, 6.07) is -0.668. The van der Waals surface area contributed by atoms with Crippen LogP contribution in [-0.4, -0.2) is 46.4 Å². The summed E-state index contributed by atoms with van der Waals surface area (Å²) in [7, 11) is 1.54. The SMILES string of the molecule is CC(=O)N(C)C(C)C(=O)NC1(C(=O)O)CC2(CCCC2)C1. The van der Waals surface area contributed by atoms with Crippen LogP contribution >= 0.6 is 0 Å². The van der Waals surface area contributed by atoms with E-state index in [1.165, 1.54) is 11.8 Å². The van der Waals surface area contributed by atoms with Crippen LogP contribution in [0.3, 0.4) is 0 Å². The molecule has 1 atom stereocenters. The molecule has 1 spiro atoms. The van der Waals surface area contributed by atoms with Gasteiger partial charge in [0.05, 0.1) is 0 Å². The van der Waals surface area contributed by atoms with Gasteiger partial charge >= 0.3 is 5.97 Å². The highest BCUT2D eigenvalue weighted by Crippen LogP contribution is 2.58. The second-order valence-corrected chi connectivity index (χ2v) is 6.74. The lowest BCUT2D eigenvalue weighted by atomic mass is 9.56. The second kappa shape index (κ2) is 5.31. The topological polar surface area (TPSA) is 86.7 Å². The first-order valence-electron chi connectivity index (χ1n) is 7.50. The third-order valence-electron chi connectivity index (χ3n) is 5.25. The van der Waals surface area contributed by atoms with Gasteiger partial charge in [-0.2, -0.15) is 0 Å². The monoisotopic (exact) mass is 296 g/mol. The summed E-state index contributed by atoms with van der Waals surface area (Å²) in [5.74, 6) is -1.59. The van der Waals surface area contributed by atoms with Gasteiger partial charge in [0, 0.05) is 14.0 Å². The third kappa shape index (κ3) is 2.76. The summed E-state index contributed by atoms with van der Waals surface area (Å²) in [4.78, 5) is 36.5. The number of hydrogen-bond donors (Lipinski definition) is 2. The lowest BCUT2D eigenvalue weighted by Gasteiger charge is -2.52. The number of carboxylic acid groups (broad SMARTS) is 1. The Morgan fingerprint density at radius 3 is 2.14 bits per heavy atom. The molecule has 2 aliphatic carbocycles. The molecular formula is C15H24N2O4. The average molecular weight is 296 g/mol. The number of aliphatic carboxylic acids is 1. The Morgan fingerprint density at radius 1 is 1.19 bits per heavy atom. The normalized spacial score (nSPS) is 23.2. The van der Waals surface area contributed by atoms with Crippen molar-refractivity contribution >= 4 is 17.8 Å². The highest BCUT2D eigenvalue weighted by Gasteiger charge is 2.60. The number of nitrogens with one attached hydrogen (secondary N) is 1. The summed E-state index contributed by atoms with van der Waals surface area (Å²) in [5, 5.41) is 12.2. The third-order valence-corrected chi connectivity index (χ3v) is 5.25. The first-order valence-corrected chi connectivity index (χ1v) is 7.50. The lowest BCUT2D eigenvalue weighted by molar-refractivity contribution is -0.160. The fraction of sp³-hybridized carbons (Fsp3) is 0.800. The van der Waals surface area contributed by atoms with Crippen LogP contribution in [0.15, 0.2) is 0 Å². The molecule has 6 nitrogen and oxygen atoms in total. The number of rotatable bonds is 4. The summed E-state index contributed by atoms with van der Waals surface area (Å²) in [6.07, 6.45) is 5.43. The van der Waals surface area contributed by atoms with Crippen LogP contribution in [0.25, 0.3) is 0 Å². The lowest BCUT2D eigenvalue weighted by Crippen LogP contribution is -2.67. The zero-order valence-corrected chi connectivity index (χ0v) is 12.9. The number of carboxylic acids is 1. The summed E-state index contributed by atoms with van der Waals surface area (Å²) >= 11 is 0. The zero-order valence-electron chi connectivity index (χ0n) is 12.9. The Bertz CT molecular complexity index is 460. The molecule has 21 heavy (non-hydrogen) atoms. The van der Waals surface area contributed by atoms with Gasteiger partial charge in [0.25, 0.3) is 0 Å². The molecule has 0 aliphatic heterocycles. The van der Waals surface area contributed by atoms with Gasteiger partial charge in [-0.25, -0.2) is 4.79 Å². The molecule has 1 unspecified atom stereocenters. The fourth-order valence-electron chi connectivity index (χ4n) is 3.79. The molecule has 118 valence electrons. The molecule has 2 amide bonds. The predicted molar refractivity (Wildman–Crippen MR) is 76.6 cm³/mol. The van der Waals surface area contributed by atoms with Gasteiger partial charge in [0.2, 0.25) is 11.8 Å². The van der Waals surface area contributed by atoms with Crippen LogP contribution < -0.4 is 5.32 Å². The van der Waals surface area contributed by atoms with Crippen molar-refractivity contribution in [2.24, 2.45) is 5.41 Å². The molecule has 0 saturated heterocycles. The first kappa shape index (κ1) is 15.8. The van der Waals surface area contributed by atoms with E-state index in [-0.39, 0.29) is 11.3 Å². The van der Waals surface area contributed by atoms with Crippen LogP contribution in [0.2, 0.25) is 0 Å². The Labute approximate surface area is 124 Å². The van der Waals surface area contributed by atoms with Crippen LogP contribution in [0.5, 0.6) is 0 Å². The average Bonchev–Trinajstić information content (AvgIpc) is 2.84. The molecular weight excluding hydrogens is 272 g/mol. The van der Waals surface area contributed by atoms with Crippen LogP contribution in [-0.2, 0) is 14.4 Å². The van der Waals surface area contributed by atoms with E-state index in [9.17, 15) is 19.5 Å². The number of hydrogen-bond acceptors (Lipinski definition) is 3. The van der Waals surface area contributed by atoms with Crippen molar-refractivity contribution in [2.75, 3.05) is 7.05 Å². The van der Waals surface area contributed by atoms with Crippen molar-refractivity contribution in [3.05, 3.63) is 0 Å². The quantitative estimate of drug-likeness (QED) is 0.814. The minimum Gasteiger partial charge on any atom is -0.480 e. The first-order chi connectivity index (χ1) is 9.71. The number of carbonyl (C=O) groups excluding carboxylic acids is 2. The molecule has 0 aromatic heterocycles. The number of amides is 2. The van der Waals surface area contributed by atoms with Gasteiger partial charge in [-0.3, -0.25) is 9.59 Å². The van der Waals surface area contributed by atoms with E-state index >= 15 is 0 Å². The summed E-state index contributed by atoms with van der Waals surface area (Å²) < 4.78 is 0. The number of likely N-dealkylation sites (N-methyl/N-ethyl adjacent to an activating group) is 1.